The average Bonchev–Trinajstić information content (AvgIpc) is 3.23. The number of benzene rings is 1. The van der Waals surface area contributed by atoms with Crippen LogP contribution < -0.4 is 10.2 Å². The minimum atomic E-state index is -0.211. The van der Waals surface area contributed by atoms with Gasteiger partial charge < -0.3 is 5.32 Å². The second-order valence-electron chi connectivity index (χ2n) is 8.11. The van der Waals surface area contributed by atoms with Gasteiger partial charge in [-0.25, -0.2) is 9.48 Å². The van der Waals surface area contributed by atoms with E-state index in [1.54, 1.807) is 20.7 Å². The molecule has 8 heteroatoms. The first-order valence-electron chi connectivity index (χ1n) is 10.8. The highest BCUT2D eigenvalue weighted by molar-refractivity contribution is 6.19. The van der Waals surface area contributed by atoms with E-state index in [4.69, 9.17) is 0 Å². The second kappa shape index (κ2) is 7.93. The molecule has 5 rings (SSSR count). The summed E-state index contributed by atoms with van der Waals surface area (Å²) >= 11 is 0. The Hall–Kier alpha value is -3.16. The Morgan fingerprint density at radius 2 is 1.90 bits per heavy atom. The summed E-state index contributed by atoms with van der Waals surface area (Å²) in [6.07, 6.45) is 8.11. The van der Waals surface area contributed by atoms with Gasteiger partial charge in [0, 0.05) is 19.1 Å². The van der Waals surface area contributed by atoms with Gasteiger partial charge in [-0.15, -0.1) is 0 Å². The van der Waals surface area contributed by atoms with Crippen LogP contribution in [0.1, 0.15) is 44.1 Å². The van der Waals surface area contributed by atoms with Crippen molar-refractivity contribution in [1.29, 1.82) is 0 Å². The quantitative estimate of drug-likeness (QED) is 0.847. The Balaban J connectivity index is 1.50. The van der Waals surface area contributed by atoms with Gasteiger partial charge in [0.05, 0.1) is 17.4 Å². The van der Waals surface area contributed by atoms with Gasteiger partial charge in [0.1, 0.15) is 12.4 Å². The number of amidine groups is 1. The largest absolute Gasteiger partial charge is 0.352 e. The van der Waals surface area contributed by atoms with E-state index in [2.05, 4.69) is 15.4 Å². The van der Waals surface area contributed by atoms with Crippen LogP contribution in [0.5, 0.6) is 0 Å². The van der Waals surface area contributed by atoms with E-state index >= 15 is 0 Å². The minimum absolute atomic E-state index is 0.0232. The average molecular weight is 406 g/mol. The van der Waals surface area contributed by atoms with Gasteiger partial charge in [0.25, 0.3) is 0 Å². The minimum Gasteiger partial charge on any atom is -0.352 e. The van der Waals surface area contributed by atoms with Crippen LogP contribution in [0, 0.1) is 0 Å². The highest BCUT2D eigenvalue weighted by Crippen LogP contribution is 2.32. The van der Waals surface area contributed by atoms with Crippen molar-refractivity contribution in [1.82, 2.24) is 20.0 Å². The molecule has 1 aliphatic carbocycles. The van der Waals surface area contributed by atoms with Gasteiger partial charge in [-0.3, -0.25) is 19.6 Å². The van der Waals surface area contributed by atoms with Crippen molar-refractivity contribution in [3.8, 4) is 5.69 Å². The van der Waals surface area contributed by atoms with E-state index in [1.165, 1.54) is 6.42 Å². The molecular weight excluding hydrogens is 380 g/mol. The number of hydrogen-bond donors (Lipinski definition) is 1. The Morgan fingerprint density at radius 1 is 1.10 bits per heavy atom. The maximum atomic E-state index is 13.4. The molecule has 0 spiro atoms. The number of para-hydroxylation sites is 1. The molecule has 3 aliphatic rings. The van der Waals surface area contributed by atoms with Crippen LogP contribution in [-0.2, 0) is 4.79 Å². The van der Waals surface area contributed by atoms with Crippen LogP contribution in [0.2, 0.25) is 0 Å². The van der Waals surface area contributed by atoms with Gasteiger partial charge in [-0.1, -0.05) is 37.5 Å². The smallest absolute Gasteiger partial charge is 0.331 e. The summed E-state index contributed by atoms with van der Waals surface area (Å²) in [4.78, 5) is 34.1. The van der Waals surface area contributed by atoms with Crippen molar-refractivity contribution in [2.24, 2.45) is 4.99 Å². The van der Waals surface area contributed by atoms with Crippen molar-refractivity contribution in [2.45, 2.75) is 44.6 Å². The molecule has 3 heterocycles. The topological polar surface area (TPSA) is 82.8 Å². The van der Waals surface area contributed by atoms with Gasteiger partial charge in [-0.05, 0) is 31.4 Å². The first-order chi connectivity index (χ1) is 14.7. The predicted molar refractivity (Wildman–Crippen MR) is 114 cm³/mol. The number of rotatable bonds is 4. The summed E-state index contributed by atoms with van der Waals surface area (Å²) in [6.45, 7) is 1.27. The number of fused-ring (bicyclic) bond motifs is 3. The normalized spacial score (nSPS) is 19.2. The Morgan fingerprint density at radius 3 is 2.70 bits per heavy atom. The maximum Gasteiger partial charge on any atom is 0.331 e. The molecule has 0 unspecified atom stereocenters. The predicted octanol–water partition coefficient (Wildman–Crippen LogP) is 2.71. The van der Waals surface area contributed by atoms with Gasteiger partial charge in [0.2, 0.25) is 5.91 Å². The zero-order valence-electron chi connectivity index (χ0n) is 17.0. The molecule has 1 N–H and O–H groups in total. The molecule has 0 saturated heterocycles. The number of urea groups is 1. The molecule has 30 heavy (non-hydrogen) atoms. The van der Waals surface area contributed by atoms with Crippen molar-refractivity contribution >= 4 is 23.6 Å². The summed E-state index contributed by atoms with van der Waals surface area (Å²) in [7, 11) is 0. The molecule has 2 aromatic rings. The molecule has 0 bridgehead atoms. The van der Waals surface area contributed by atoms with Gasteiger partial charge in [-0.2, -0.15) is 5.10 Å². The Kier molecular flexibility index (Phi) is 4.98. The lowest BCUT2D eigenvalue weighted by atomic mass is 9.95. The van der Waals surface area contributed by atoms with Crippen LogP contribution in [0.25, 0.3) is 5.69 Å². The SMILES string of the molecule is O=C(CN1C(=O)N2CCCN=C2c2cnn(-c3ccccc3)c21)NC1CCCCC1. The number of aliphatic imine (C=N–C) groups is 1. The van der Waals surface area contributed by atoms with E-state index in [-0.39, 0.29) is 24.5 Å². The Labute approximate surface area is 175 Å². The summed E-state index contributed by atoms with van der Waals surface area (Å²) in [5.74, 6) is 1.15. The molecule has 0 radical (unpaired) electrons. The van der Waals surface area contributed by atoms with E-state index in [0.717, 1.165) is 43.4 Å². The maximum absolute atomic E-state index is 13.4. The van der Waals surface area contributed by atoms with E-state index in [9.17, 15) is 9.59 Å². The van der Waals surface area contributed by atoms with Gasteiger partial charge in [0.15, 0.2) is 5.82 Å². The van der Waals surface area contributed by atoms with E-state index in [0.29, 0.717) is 24.7 Å². The van der Waals surface area contributed by atoms with Crippen LogP contribution >= 0.6 is 0 Å². The molecule has 2 aliphatic heterocycles. The molecule has 156 valence electrons. The van der Waals surface area contributed by atoms with Crippen molar-refractivity contribution < 1.29 is 9.59 Å². The summed E-state index contributed by atoms with van der Waals surface area (Å²) in [5, 5.41) is 7.68. The molecule has 8 nitrogen and oxygen atoms in total. The number of carbonyl (C=O) groups excluding carboxylic acids is 2. The number of aromatic nitrogens is 2. The molecule has 1 aromatic carbocycles. The van der Waals surface area contributed by atoms with Crippen molar-refractivity contribution in [3.63, 3.8) is 0 Å². The number of amides is 3. The molecule has 0 atom stereocenters. The summed E-state index contributed by atoms with van der Waals surface area (Å²) in [6, 6.07) is 9.67. The van der Waals surface area contributed by atoms with E-state index in [1.807, 2.05) is 30.3 Å². The highest BCUT2D eigenvalue weighted by atomic mass is 16.2. The fraction of sp³-hybridized carbons (Fsp3) is 0.455. The molecular formula is C22H26N6O2. The lowest BCUT2D eigenvalue weighted by molar-refractivity contribution is -0.120. The first kappa shape index (κ1) is 18.8. The number of hydrogen-bond acceptors (Lipinski definition) is 4. The first-order valence-corrected chi connectivity index (χ1v) is 10.8. The third-order valence-corrected chi connectivity index (χ3v) is 6.03. The zero-order valence-corrected chi connectivity index (χ0v) is 17.0. The van der Waals surface area contributed by atoms with Crippen LogP contribution in [0.15, 0.2) is 41.5 Å². The lowest BCUT2D eigenvalue weighted by Gasteiger charge is -2.38. The van der Waals surface area contributed by atoms with Gasteiger partial charge >= 0.3 is 6.03 Å². The number of nitrogens with one attached hydrogen (secondary N) is 1. The van der Waals surface area contributed by atoms with Crippen LogP contribution in [0.3, 0.4) is 0 Å². The van der Waals surface area contributed by atoms with Crippen molar-refractivity contribution in [2.75, 3.05) is 24.5 Å². The third kappa shape index (κ3) is 3.36. The summed E-state index contributed by atoms with van der Waals surface area (Å²) in [5.41, 5.74) is 1.64. The highest BCUT2D eigenvalue weighted by Gasteiger charge is 2.40. The van der Waals surface area contributed by atoms with Crippen molar-refractivity contribution in [3.05, 3.63) is 42.1 Å². The second-order valence-corrected chi connectivity index (χ2v) is 8.11. The molecule has 1 fully saturated rings. The van der Waals surface area contributed by atoms with Crippen LogP contribution in [0.4, 0.5) is 10.6 Å². The van der Waals surface area contributed by atoms with Crippen LogP contribution in [-0.4, -0.2) is 58.1 Å². The lowest BCUT2D eigenvalue weighted by Crippen LogP contribution is -2.56. The Bertz CT molecular complexity index is 977. The summed E-state index contributed by atoms with van der Waals surface area (Å²) < 4.78 is 1.73. The number of nitrogens with zero attached hydrogens (tertiary/aromatic N) is 5. The number of carbonyl (C=O) groups is 2. The molecule has 1 saturated carbocycles. The fourth-order valence-electron chi connectivity index (χ4n) is 4.58. The van der Waals surface area contributed by atoms with E-state index < -0.39 is 0 Å². The number of anilines is 1. The fourth-order valence-corrected chi connectivity index (χ4v) is 4.58. The monoisotopic (exact) mass is 406 g/mol. The standard InChI is InChI=1S/C22H26N6O2/c29-19(25-16-8-3-1-4-9-16)15-27-21-18(20-23-12-7-13-26(20)22(27)30)14-24-28(21)17-10-5-2-6-11-17/h2,5-6,10-11,14,16H,1,3-4,7-9,12-13,15H2,(H,25,29). The molecule has 1 aromatic heterocycles. The third-order valence-electron chi connectivity index (χ3n) is 6.03. The molecule has 3 amide bonds. The zero-order chi connectivity index (χ0) is 20.5.